The van der Waals surface area contributed by atoms with Crippen molar-refractivity contribution in [1.82, 2.24) is 20.4 Å². The number of nitrogens with one attached hydrogen (secondary N) is 2. The van der Waals surface area contributed by atoms with Crippen LogP contribution in [0.25, 0.3) is 0 Å². The highest BCUT2D eigenvalue weighted by Gasteiger charge is 2.24. The van der Waals surface area contributed by atoms with E-state index < -0.39 is 0 Å². The lowest BCUT2D eigenvalue weighted by Crippen LogP contribution is -2.53. The van der Waals surface area contributed by atoms with Crippen molar-refractivity contribution in [3.8, 4) is 0 Å². The summed E-state index contributed by atoms with van der Waals surface area (Å²) in [5.41, 5.74) is 1.36. The topological polar surface area (TPSA) is 47.6 Å². The molecule has 2 unspecified atom stereocenters. The van der Waals surface area contributed by atoms with Gasteiger partial charge in [0.05, 0.1) is 6.54 Å². The van der Waals surface area contributed by atoms with E-state index in [2.05, 4.69) is 57.7 Å². The summed E-state index contributed by atoms with van der Waals surface area (Å²) in [6, 6.07) is 10.9. The molecule has 7 heteroatoms. The van der Waals surface area contributed by atoms with Crippen molar-refractivity contribution >= 4 is 30.7 Å². The first kappa shape index (κ1) is 23.2. The molecule has 0 radical (unpaired) electrons. The molecular formula is C19H32Cl2N4O. The van der Waals surface area contributed by atoms with Crippen molar-refractivity contribution in [2.24, 2.45) is 5.92 Å². The molecule has 0 aromatic heterocycles. The third-order valence-corrected chi connectivity index (χ3v) is 5.21. The van der Waals surface area contributed by atoms with Crippen LogP contribution in [0, 0.1) is 5.92 Å². The van der Waals surface area contributed by atoms with Gasteiger partial charge in [-0.05, 0) is 31.0 Å². The summed E-state index contributed by atoms with van der Waals surface area (Å²) >= 11 is 0. The van der Waals surface area contributed by atoms with Crippen LogP contribution in [0.3, 0.4) is 0 Å². The van der Waals surface area contributed by atoms with Crippen molar-refractivity contribution in [3.63, 3.8) is 0 Å². The van der Waals surface area contributed by atoms with E-state index in [-0.39, 0.29) is 30.7 Å². The van der Waals surface area contributed by atoms with Crippen molar-refractivity contribution in [2.75, 3.05) is 45.8 Å². The number of carbonyl (C=O) groups excluding carboxylic acids is 1. The van der Waals surface area contributed by atoms with Crippen LogP contribution in [0.2, 0.25) is 0 Å². The van der Waals surface area contributed by atoms with Gasteiger partial charge in [-0.15, -0.1) is 24.8 Å². The van der Waals surface area contributed by atoms with Crippen LogP contribution >= 0.6 is 24.8 Å². The number of piperazine rings is 1. The molecule has 148 valence electrons. The standard InChI is InChI=1S/C19H30N4O.2ClH/c1-16-13-20-8-7-18(16)21-19(24)15-23-11-9-22(10-12-23)14-17-5-3-2-4-6-17;;/h2-6,16,18,20H,7-15H2,1H3,(H,21,24);2*1H. The van der Waals surface area contributed by atoms with Crippen LogP contribution in [-0.4, -0.2) is 67.6 Å². The summed E-state index contributed by atoms with van der Waals surface area (Å²) in [6.45, 7) is 9.78. The predicted molar refractivity (Wildman–Crippen MR) is 111 cm³/mol. The Morgan fingerprint density at radius 2 is 1.77 bits per heavy atom. The van der Waals surface area contributed by atoms with Crippen LogP contribution in [0.4, 0.5) is 0 Å². The number of rotatable bonds is 5. The van der Waals surface area contributed by atoms with E-state index in [0.717, 1.165) is 52.2 Å². The molecule has 0 spiro atoms. The maximum absolute atomic E-state index is 12.3. The van der Waals surface area contributed by atoms with Gasteiger partial charge < -0.3 is 10.6 Å². The molecule has 1 aromatic rings. The molecule has 2 fully saturated rings. The molecule has 0 saturated carbocycles. The molecule has 2 aliphatic heterocycles. The number of benzene rings is 1. The first-order valence-corrected chi connectivity index (χ1v) is 9.19. The summed E-state index contributed by atoms with van der Waals surface area (Å²) in [4.78, 5) is 17.1. The van der Waals surface area contributed by atoms with E-state index in [1.807, 2.05) is 0 Å². The van der Waals surface area contributed by atoms with Crippen molar-refractivity contribution < 1.29 is 4.79 Å². The number of carbonyl (C=O) groups is 1. The minimum absolute atomic E-state index is 0. The molecule has 0 aliphatic carbocycles. The zero-order valence-electron chi connectivity index (χ0n) is 15.5. The molecule has 2 heterocycles. The van der Waals surface area contributed by atoms with E-state index in [4.69, 9.17) is 0 Å². The fourth-order valence-electron chi connectivity index (χ4n) is 3.63. The first-order chi connectivity index (χ1) is 11.7. The minimum atomic E-state index is 0. The molecular weight excluding hydrogens is 371 g/mol. The van der Waals surface area contributed by atoms with E-state index in [9.17, 15) is 4.79 Å². The van der Waals surface area contributed by atoms with Crippen LogP contribution in [0.15, 0.2) is 30.3 Å². The Kier molecular flexibility index (Phi) is 10.5. The van der Waals surface area contributed by atoms with E-state index in [0.29, 0.717) is 18.5 Å². The normalized spacial score (nSPS) is 24.2. The fourth-order valence-corrected chi connectivity index (χ4v) is 3.63. The monoisotopic (exact) mass is 402 g/mol. The molecule has 26 heavy (non-hydrogen) atoms. The average molecular weight is 403 g/mol. The van der Waals surface area contributed by atoms with Gasteiger partial charge in [-0.2, -0.15) is 0 Å². The number of amides is 1. The maximum atomic E-state index is 12.3. The highest BCUT2D eigenvalue weighted by molar-refractivity contribution is 5.85. The van der Waals surface area contributed by atoms with Gasteiger partial charge in [-0.25, -0.2) is 0 Å². The van der Waals surface area contributed by atoms with Crippen LogP contribution < -0.4 is 10.6 Å². The lowest BCUT2D eigenvalue weighted by Gasteiger charge is -2.35. The lowest BCUT2D eigenvalue weighted by atomic mass is 9.95. The second-order valence-corrected chi connectivity index (χ2v) is 7.18. The quantitative estimate of drug-likeness (QED) is 0.787. The Labute approximate surface area is 169 Å². The Hall–Kier alpha value is -0.850. The fraction of sp³-hybridized carbons (Fsp3) is 0.632. The van der Waals surface area contributed by atoms with Gasteiger partial charge >= 0.3 is 0 Å². The summed E-state index contributed by atoms with van der Waals surface area (Å²) in [5.74, 6) is 0.704. The number of hydrogen-bond acceptors (Lipinski definition) is 4. The molecule has 5 nitrogen and oxygen atoms in total. The minimum Gasteiger partial charge on any atom is -0.352 e. The highest BCUT2D eigenvalue weighted by atomic mass is 35.5. The molecule has 2 N–H and O–H groups in total. The second kappa shape index (κ2) is 11.8. The maximum Gasteiger partial charge on any atom is 0.234 e. The molecule has 2 saturated heterocycles. The summed E-state index contributed by atoms with van der Waals surface area (Å²) < 4.78 is 0. The Balaban J connectivity index is 0.00000169. The zero-order chi connectivity index (χ0) is 16.8. The zero-order valence-corrected chi connectivity index (χ0v) is 17.2. The number of nitrogens with zero attached hydrogens (tertiary/aromatic N) is 2. The van der Waals surface area contributed by atoms with Gasteiger partial charge in [-0.3, -0.25) is 14.6 Å². The number of piperidine rings is 1. The number of halogens is 2. The van der Waals surface area contributed by atoms with Crippen LogP contribution in [0.5, 0.6) is 0 Å². The number of hydrogen-bond donors (Lipinski definition) is 2. The van der Waals surface area contributed by atoms with Crippen molar-refractivity contribution in [1.29, 1.82) is 0 Å². The largest absolute Gasteiger partial charge is 0.352 e. The Morgan fingerprint density at radius 1 is 1.12 bits per heavy atom. The van der Waals surface area contributed by atoms with Gasteiger partial charge in [0.1, 0.15) is 0 Å². The van der Waals surface area contributed by atoms with Crippen molar-refractivity contribution in [2.45, 2.75) is 25.9 Å². The smallest absolute Gasteiger partial charge is 0.234 e. The molecule has 0 bridgehead atoms. The van der Waals surface area contributed by atoms with Crippen LogP contribution in [0.1, 0.15) is 18.9 Å². The first-order valence-electron chi connectivity index (χ1n) is 9.19. The van der Waals surface area contributed by atoms with E-state index in [1.165, 1.54) is 5.56 Å². The summed E-state index contributed by atoms with van der Waals surface area (Å²) in [5, 5.41) is 6.61. The van der Waals surface area contributed by atoms with E-state index in [1.54, 1.807) is 0 Å². The van der Waals surface area contributed by atoms with Gasteiger partial charge in [-0.1, -0.05) is 37.3 Å². The Bertz CT molecular complexity index is 524. The second-order valence-electron chi connectivity index (χ2n) is 7.18. The molecule has 1 amide bonds. The predicted octanol–water partition coefficient (Wildman–Crippen LogP) is 1.76. The third-order valence-electron chi connectivity index (χ3n) is 5.21. The summed E-state index contributed by atoms with van der Waals surface area (Å²) in [7, 11) is 0. The van der Waals surface area contributed by atoms with Gasteiger partial charge in [0.2, 0.25) is 5.91 Å². The summed E-state index contributed by atoms with van der Waals surface area (Å²) in [6.07, 6.45) is 1.04. The highest BCUT2D eigenvalue weighted by Crippen LogP contribution is 2.11. The van der Waals surface area contributed by atoms with E-state index >= 15 is 0 Å². The van der Waals surface area contributed by atoms with Gasteiger partial charge in [0.15, 0.2) is 0 Å². The van der Waals surface area contributed by atoms with Gasteiger partial charge in [0.25, 0.3) is 0 Å². The molecule has 1 aromatic carbocycles. The Morgan fingerprint density at radius 3 is 2.42 bits per heavy atom. The molecule has 3 rings (SSSR count). The van der Waals surface area contributed by atoms with Crippen LogP contribution in [-0.2, 0) is 11.3 Å². The average Bonchev–Trinajstić information content (AvgIpc) is 2.60. The lowest BCUT2D eigenvalue weighted by molar-refractivity contribution is -0.123. The third kappa shape index (κ3) is 7.05. The SMILES string of the molecule is CC1CNCCC1NC(=O)CN1CCN(Cc2ccccc2)CC1.Cl.Cl. The molecule has 2 atom stereocenters. The van der Waals surface area contributed by atoms with Crippen molar-refractivity contribution in [3.05, 3.63) is 35.9 Å². The molecule has 2 aliphatic rings. The van der Waals surface area contributed by atoms with Gasteiger partial charge in [0, 0.05) is 38.8 Å².